The largest absolute Gasteiger partial charge is 0.481 e. The number of aliphatic carboxylic acids is 1. The lowest BCUT2D eigenvalue weighted by Crippen LogP contribution is -2.53. The zero-order valence-electron chi connectivity index (χ0n) is 28.3. The van der Waals surface area contributed by atoms with Crippen molar-refractivity contribution in [3.8, 4) is 0 Å². The van der Waals surface area contributed by atoms with Gasteiger partial charge in [0.05, 0.1) is 13.0 Å². The summed E-state index contributed by atoms with van der Waals surface area (Å²) in [5.74, 6) is -2.25. The monoisotopic (exact) mass is 612 g/mol. The summed E-state index contributed by atoms with van der Waals surface area (Å²) in [6.07, 6.45) is 11.2. The standard InChI is InChI=1S/C36H56N2O6/c1-9-10-11-12-13-16-27(34(2,3)4)31(41)25-18-20-37-28(25)17-14-15-24(22-29(39)40)30-26(19-21-38-30)32(42)33-35(5,6)23-43-36(7,8)44-33/h18-21,24,27,33,37-38H,9-17,22-23H2,1-8H3,(H,39,40). The van der Waals surface area contributed by atoms with Crippen LogP contribution in [0.25, 0.3) is 0 Å². The van der Waals surface area contributed by atoms with Crippen molar-refractivity contribution in [1.29, 1.82) is 0 Å². The third-order valence-corrected chi connectivity index (χ3v) is 9.05. The Hall–Kier alpha value is -2.71. The number of carbonyl (C=O) groups is 3. The average Bonchev–Trinajstić information content (AvgIpc) is 3.60. The highest BCUT2D eigenvalue weighted by Gasteiger charge is 2.46. The van der Waals surface area contributed by atoms with Crippen LogP contribution in [-0.2, 0) is 20.7 Å². The minimum Gasteiger partial charge on any atom is -0.481 e. The summed E-state index contributed by atoms with van der Waals surface area (Å²) in [5, 5.41) is 9.78. The van der Waals surface area contributed by atoms with Gasteiger partial charge in [-0.1, -0.05) is 73.6 Å². The van der Waals surface area contributed by atoms with Crippen molar-refractivity contribution in [2.75, 3.05) is 6.61 Å². The number of Topliss-reactive ketones (excluding diaryl/α,β-unsaturated/α-hetero) is 2. The molecule has 0 aromatic carbocycles. The molecule has 0 aliphatic carbocycles. The fourth-order valence-electron chi connectivity index (χ4n) is 6.42. The van der Waals surface area contributed by atoms with Crippen LogP contribution in [0, 0.1) is 16.7 Å². The van der Waals surface area contributed by atoms with Gasteiger partial charge in [-0.3, -0.25) is 14.4 Å². The first-order valence-electron chi connectivity index (χ1n) is 16.5. The van der Waals surface area contributed by atoms with Crippen LogP contribution < -0.4 is 0 Å². The molecule has 0 radical (unpaired) electrons. The molecule has 0 bridgehead atoms. The topological polar surface area (TPSA) is 121 Å². The maximum atomic E-state index is 13.8. The first-order chi connectivity index (χ1) is 20.6. The van der Waals surface area contributed by atoms with Crippen molar-refractivity contribution in [3.63, 3.8) is 0 Å². The molecule has 8 nitrogen and oxygen atoms in total. The second-order valence-corrected chi connectivity index (χ2v) is 14.9. The lowest BCUT2D eigenvalue weighted by atomic mass is 9.73. The molecule has 8 heteroatoms. The Labute approximate surface area is 264 Å². The molecule has 3 heterocycles. The summed E-state index contributed by atoms with van der Waals surface area (Å²) in [6, 6.07) is 3.62. The number of hydrogen-bond donors (Lipinski definition) is 3. The van der Waals surface area contributed by atoms with E-state index in [1.807, 2.05) is 26.1 Å². The van der Waals surface area contributed by atoms with Gasteiger partial charge in [-0.2, -0.15) is 0 Å². The van der Waals surface area contributed by atoms with E-state index >= 15 is 0 Å². The van der Waals surface area contributed by atoms with Gasteiger partial charge in [0.25, 0.3) is 0 Å². The second-order valence-electron chi connectivity index (χ2n) is 14.9. The van der Waals surface area contributed by atoms with Crippen LogP contribution in [-0.4, -0.2) is 51.1 Å². The molecule has 1 saturated heterocycles. The number of hydrogen-bond acceptors (Lipinski definition) is 5. The predicted octanol–water partition coefficient (Wildman–Crippen LogP) is 8.49. The Bertz CT molecular complexity index is 1250. The first-order valence-corrected chi connectivity index (χ1v) is 16.5. The van der Waals surface area contributed by atoms with Gasteiger partial charge in [-0.25, -0.2) is 0 Å². The van der Waals surface area contributed by atoms with Gasteiger partial charge in [-0.05, 0) is 57.1 Å². The average molecular weight is 613 g/mol. The highest BCUT2D eigenvalue weighted by molar-refractivity contribution is 6.01. The number of rotatable bonds is 17. The molecule has 0 amide bonds. The predicted molar refractivity (Wildman–Crippen MR) is 173 cm³/mol. The summed E-state index contributed by atoms with van der Waals surface area (Å²) in [7, 11) is 0. The molecule has 1 fully saturated rings. The summed E-state index contributed by atoms with van der Waals surface area (Å²) in [6.45, 7) is 16.5. The van der Waals surface area contributed by atoms with Crippen LogP contribution in [0.1, 0.15) is 151 Å². The third kappa shape index (κ3) is 9.40. The molecule has 1 aliphatic rings. The molecular formula is C36H56N2O6. The molecule has 246 valence electrons. The van der Waals surface area contributed by atoms with Gasteiger partial charge in [0.15, 0.2) is 17.4 Å². The maximum absolute atomic E-state index is 13.8. The number of nitrogens with one attached hydrogen (secondary N) is 2. The Kier molecular flexibility index (Phi) is 12.2. The number of H-pyrrole nitrogens is 2. The van der Waals surface area contributed by atoms with Crippen molar-refractivity contribution in [1.82, 2.24) is 9.97 Å². The van der Waals surface area contributed by atoms with Crippen LogP contribution >= 0.6 is 0 Å². The minimum atomic E-state index is -0.922. The molecule has 3 N–H and O–H groups in total. The fraction of sp³-hybridized carbons (Fsp3) is 0.694. The zero-order chi connectivity index (χ0) is 32.7. The molecule has 0 spiro atoms. The Morgan fingerprint density at radius 1 is 0.955 bits per heavy atom. The quantitative estimate of drug-likeness (QED) is 0.122. The summed E-state index contributed by atoms with van der Waals surface area (Å²) in [5.41, 5.74) is 2.05. The Balaban J connectivity index is 1.74. The number of aromatic nitrogens is 2. The van der Waals surface area contributed by atoms with Crippen LogP contribution in [0.5, 0.6) is 0 Å². The molecule has 3 unspecified atom stereocenters. The van der Waals surface area contributed by atoms with E-state index in [0.717, 1.165) is 30.5 Å². The zero-order valence-corrected chi connectivity index (χ0v) is 28.3. The van der Waals surface area contributed by atoms with Crippen LogP contribution in [0.15, 0.2) is 24.5 Å². The number of ether oxygens (including phenoxy) is 2. The molecule has 0 saturated carbocycles. The maximum Gasteiger partial charge on any atom is 0.304 e. The molecule has 2 aromatic rings. The van der Waals surface area contributed by atoms with Crippen molar-refractivity contribution < 1.29 is 29.0 Å². The number of carboxylic acid groups (broad SMARTS) is 1. The van der Waals surface area contributed by atoms with E-state index in [0.29, 0.717) is 37.1 Å². The first kappa shape index (κ1) is 35.8. The smallest absolute Gasteiger partial charge is 0.304 e. The molecule has 3 atom stereocenters. The normalized spacial score (nSPS) is 19.4. The van der Waals surface area contributed by atoms with E-state index in [2.05, 4.69) is 37.7 Å². The van der Waals surface area contributed by atoms with E-state index in [9.17, 15) is 19.5 Å². The van der Waals surface area contributed by atoms with Crippen molar-refractivity contribution >= 4 is 17.5 Å². The number of aromatic amines is 2. The van der Waals surface area contributed by atoms with E-state index in [1.165, 1.54) is 19.3 Å². The highest BCUT2D eigenvalue weighted by atomic mass is 16.7. The van der Waals surface area contributed by atoms with Gasteiger partial charge >= 0.3 is 5.97 Å². The molecule has 44 heavy (non-hydrogen) atoms. The van der Waals surface area contributed by atoms with Crippen molar-refractivity contribution in [2.24, 2.45) is 16.7 Å². The SMILES string of the molecule is CCCCCCCC(C(=O)c1cc[nH]c1CCCC(CC(=O)O)c1[nH]ccc1C(=O)C1OC(C)(C)OCC1(C)C)C(C)(C)C. The van der Waals surface area contributed by atoms with E-state index in [-0.39, 0.29) is 29.3 Å². The number of unbranched alkanes of at least 4 members (excludes halogenated alkanes) is 4. The molecular weight excluding hydrogens is 556 g/mol. The third-order valence-electron chi connectivity index (χ3n) is 9.05. The lowest BCUT2D eigenvalue weighted by molar-refractivity contribution is -0.298. The molecule has 2 aromatic heterocycles. The number of carbonyl (C=O) groups excluding carboxylic acids is 2. The Morgan fingerprint density at radius 3 is 2.27 bits per heavy atom. The van der Waals surface area contributed by atoms with E-state index < -0.39 is 29.2 Å². The van der Waals surface area contributed by atoms with Crippen LogP contribution in [0.4, 0.5) is 0 Å². The number of carboxylic acids is 1. The number of ketones is 2. The highest BCUT2D eigenvalue weighted by Crippen LogP contribution is 2.39. The van der Waals surface area contributed by atoms with Gasteiger partial charge in [0.2, 0.25) is 0 Å². The van der Waals surface area contributed by atoms with Gasteiger partial charge in [-0.15, -0.1) is 0 Å². The van der Waals surface area contributed by atoms with E-state index in [1.54, 1.807) is 26.1 Å². The molecule has 3 rings (SSSR count). The summed E-state index contributed by atoms with van der Waals surface area (Å²) in [4.78, 5) is 46.1. The van der Waals surface area contributed by atoms with Crippen molar-refractivity contribution in [2.45, 2.75) is 137 Å². The van der Waals surface area contributed by atoms with Crippen molar-refractivity contribution in [3.05, 3.63) is 47.0 Å². The second kappa shape index (κ2) is 15.0. The number of aryl methyl sites for hydroxylation is 1. The Morgan fingerprint density at radius 2 is 1.61 bits per heavy atom. The summed E-state index contributed by atoms with van der Waals surface area (Å²) >= 11 is 0. The lowest BCUT2D eigenvalue weighted by Gasteiger charge is -2.45. The van der Waals surface area contributed by atoms with Crippen LogP contribution in [0.2, 0.25) is 0 Å². The van der Waals surface area contributed by atoms with Crippen LogP contribution in [0.3, 0.4) is 0 Å². The molecule has 1 aliphatic heterocycles. The summed E-state index contributed by atoms with van der Waals surface area (Å²) < 4.78 is 11.9. The minimum absolute atomic E-state index is 0.0624. The van der Waals surface area contributed by atoms with Gasteiger partial charge in [0, 0.05) is 52.2 Å². The van der Waals surface area contributed by atoms with E-state index in [4.69, 9.17) is 9.47 Å². The van der Waals surface area contributed by atoms with Gasteiger partial charge in [0.1, 0.15) is 6.10 Å². The van der Waals surface area contributed by atoms with Gasteiger partial charge < -0.3 is 24.5 Å². The fourth-order valence-corrected chi connectivity index (χ4v) is 6.42.